The molecule has 0 aliphatic heterocycles. The van der Waals surface area contributed by atoms with Crippen molar-refractivity contribution in [2.24, 2.45) is 0 Å². The van der Waals surface area contributed by atoms with Gasteiger partial charge in [0.2, 0.25) is 4.91 Å². The fraction of sp³-hybridized carbons (Fsp3) is 0. The molecule has 0 aromatic carbocycles. The Hall–Kier alpha value is 1.13. The Labute approximate surface area is 74.7 Å². The summed E-state index contributed by atoms with van der Waals surface area (Å²) in [6.07, 6.45) is 0. The van der Waals surface area contributed by atoms with E-state index in [-0.39, 0.29) is 59.3 Å². The van der Waals surface area contributed by atoms with E-state index < -0.39 is 0 Å². The number of hydrogen-bond acceptors (Lipinski definition) is 2. The van der Waals surface area contributed by atoms with E-state index in [1.54, 1.807) is 0 Å². The summed E-state index contributed by atoms with van der Waals surface area (Å²) in [7, 11) is 0. The standard InChI is InChI=1S/Al.ClH.H2N3.Na.4H/c;;1-3-2;;;;;/h;1H;1-2H;;;;;/q;;+1;;;;;. The monoisotopic (exact) mass is 134 g/mol. The van der Waals surface area contributed by atoms with E-state index in [0.717, 1.165) is 0 Å². The second-order valence-electron chi connectivity index (χ2n) is 0.112. The molecule has 0 aliphatic carbocycles. The third-order valence-electron chi connectivity index (χ3n) is 0. The summed E-state index contributed by atoms with van der Waals surface area (Å²) >= 11 is 0. The van der Waals surface area contributed by atoms with Gasteiger partial charge in [-0.2, -0.15) is 0 Å². The maximum absolute atomic E-state index is 5.50. The Bertz CT molecular complexity index is 31.8. The molecule has 6 heteroatoms. The number of nitrogens with one attached hydrogen (secondary N) is 2. The number of rotatable bonds is 0. The number of halogens is 1. The van der Waals surface area contributed by atoms with Crippen LogP contribution >= 0.6 is 12.4 Å². The zero-order valence-electron chi connectivity index (χ0n) is 1.86. The molecule has 0 atom stereocenters. The van der Waals surface area contributed by atoms with Crippen LogP contribution in [0.5, 0.6) is 0 Å². The normalized spacial score (nSPS) is 1.33. The van der Waals surface area contributed by atoms with Gasteiger partial charge in [-0.3, -0.25) is 0 Å². The second-order valence-corrected chi connectivity index (χ2v) is 0.112. The van der Waals surface area contributed by atoms with Gasteiger partial charge >= 0.3 is 29.6 Å². The van der Waals surface area contributed by atoms with Crippen molar-refractivity contribution in [2.45, 2.75) is 0 Å². The molecular formula is H7AlClN3Na+. The Morgan fingerprint density at radius 1 is 1.17 bits per heavy atom. The Kier molecular flexibility index (Phi) is 162. The molecule has 0 aromatic rings. The molecule has 32 valence electrons. The molecule has 0 bridgehead atoms. The molecule has 0 saturated carbocycles. The Morgan fingerprint density at radius 2 is 1.17 bits per heavy atom. The summed E-state index contributed by atoms with van der Waals surface area (Å²) in [5, 5.41) is 0. The van der Waals surface area contributed by atoms with Crippen molar-refractivity contribution in [3.05, 3.63) is 0 Å². The van der Waals surface area contributed by atoms with Crippen LogP contribution < -0.4 is 4.91 Å². The van der Waals surface area contributed by atoms with Crippen LogP contribution in [0.1, 0.15) is 0 Å². The van der Waals surface area contributed by atoms with Crippen LogP contribution in [0.2, 0.25) is 0 Å². The molecule has 0 spiro atoms. The molecule has 6 heavy (non-hydrogen) atoms. The van der Waals surface area contributed by atoms with Gasteiger partial charge in [0.25, 0.3) is 0 Å². The molecule has 0 heterocycles. The first kappa shape index (κ1) is 27.3. The molecule has 2 N–H and O–H groups in total. The summed E-state index contributed by atoms with van der Waals surface area (Å²) in [6.45, 7) is 0. The molecule has 3 nitrogen and oxygen atoms in total. The quantitative estimate of drug-likeness (QED) is 0.235. The van der Waals surface area contributed by atoms with Crippen molar-refractivity contribution in [1.29, 1.82) is 11.1 Å². The molecule has 0 amide bonds. The molecule has 0 fully saturated rings. The number of nitrogens with zero attached hydrogens (tertiary/aromatic N) is 1. The Balaban J connectivity index is -0.00000000667. The summed E-state index contributed by atoms with van der Waals surface area (Å²) < 4.78 is 0. The van der Waals surface area contributed by atoms with Crippen LogP contribution in [-0.4, -0.2) is 46.9 Å². The molecule has 0 aromatic heterocycles. The van der Waals surface area contributed by atoms with E-state index in [1.807, 2.05) is 4.91 Å². The van der Waals surface area contributed by atoms with E-state index in [4.69, 9.17) is 11.1 Å². The van der Waals surface area contributed by atoms with Gasteiger partial charge in [0.1, 0.15) is 11.1 Å². The van der Waals surface area contributed by atoms with E-state index in [1.165, 1.54) is 0 Å². The molecule has 0 rings (SSSR count). The van der Waals surface area contributed by atoms with Crippen molar-refractivity contribution in [3.63, 3.8) is 0 Å². The third kappa shape index (κ3) is 68.3. The summed E-state index contributed by atoms with van der Waals surface area (Å²) in [4.78, 5) is 2.00. The van der Waals surface area contributed by atoms with Crippen LogP contribution in [0.4, 0.5) is 0 Å². The van der Waals surface area contributed by atoms with Gasteiger partial charge in [-0.15, -0.1) is 12.4 Å². The van der Waals surface area contributed by atoms with E-state index in [2.05, 4.69) is 0 Å². The molecule has 0 unspecified atom stereocenters. The topological polar surface area (TPSA) is 61.8 Å². The van der Waals surface area contributed by atoms with Gasteiger partial charge in [-0.05, 0) is 0 Å². The van der Waals surface area contributed by atoms with E-state index in [9.17, 15) is 0 Å². The van der Waals surface area contributed by atoms with E-state index in [0.29, 0.717) is 0 Å². The van der Waals surface area contributed by atoms with Crippen LogP contribution in [0, 0.1) is 11.1 Å². The van der Waals surface area contributed by atoms with E-state index >= 15 is 0 Å². The van der Waals surface area contributed by atoms with Gasteiger partial charge in [0.15, 0.2) is 17.4 Å². The molecular weight excluding hydrogens is 127 g/mol. The molecule has 0 saturated heterocycles. The van der Waals surface area contributed by atoms with Crippen LogP contribution in [0.3, 0.4) is 0 Å². The average Bonchev–Trinajstić information content (AvgIpc) is 0.918. The second kappa shape index (κ2) is 35.5. The van der Waals surface area contributed by atoms with Crippen molar-refractivity contribution >= 4 is 59.3 Å². The van der Waals surface area contributed by atoms with Gasteiger partial charge in [-0.1, -0.05) is 0 Å². The van der Waals surface area contributed by atoms with Gasteiger partial charge in [0, 0.05) is 0 Å². The minimum absolute atomic E-state index is 0. The predicted molar refractivity (Wildman–Crippen MR) is 31.9 cm³/mol. The fourth-order valence-corrected chi connectivity index (χ4v) is 0. The first-order chi connectivity index (χ1) is 1.41. The van der Waals surface area contributed by atoms with Crippen LogP contribution in [-0.2, 0) is 0 Å². The zero-order valence-corrected chi connectivity index (χ0v) is 2.67. The summed E-state index contributed by atoms with van der Waals surface area (Å²) in [5.74, 6) is 0. The maximum atomic E-state index is 5.50. The summed E-state index contributed by atoms with van der Waals surface area (Å²) in [5.41, 5.74) is 11.0. The first-order valence-corrected chi connectivity index (χ1v) is 0.447. The average molecular weight is 135 g/mol. The molecule has 0 radical (unpaired) electrons. The first-order valence-electron chi connectivity index (χ1n) is 0.447. The van der Waals surface area contributed by atoms with Gasteiger partial charge < -0.3 is 0 Å². The fourth-order valence-electron chi connectivity index (χ4n) is 0. The van der Waals surface area contributed by atoms with Crippen molar-refractivity contribution in [3.8, 4) is 0 Å². The summed E-state index contributed by atoms with van der Waals surface area (Å²) in [6, 6.07) is 0. The van der Waals surface area contributed by atoms with Crippen LogP contribution in [0.15, 0.2) is 0 Å². The zero-order chi connectivity index (χ0) is 2.71. The van der Waals surface area contributed by atoms with Crippen LogP contribution in [0.25, 0.3) is 0 Å². The van der Waals surface area contributed by atoms with Crippen molar-refractivity contribution in [2.75, 3.05) is 0 Å². The predicted octanol–water partition coefficient (Wildman–Crippen LogP) is -1.30. The van der Waals surface area contributed by atoms with Crippen molar-refractivity contribution < 1.29 is 0 Å². The Morgan fingerprint density at radius 3 is 1.17 bits per heavy atom. The van der Waals surface area contributed by atoms with Gasteiger partial charge in [-0.25, -0.2) is 0 Å². The third-order valence-corrected chi connectivity index (χ3v) is 0. The van der Waals surface area contributed by atoms with Crippen molar-refractivity contribution in [1.82, 2.24) is 4.91 Å². The SMILES string of the molecule is Cl.N=[N+]=N.[AlH3].[NaH]. The minimum atomic E-state index is 0. The van der Waals surface area contributed by atoms with Gasteiger partial charge in [0.05, 0.1) is 0 Å². The molecule has 0 aliphatic rings. The number of hydrogen-bond donors (Lipinski definition) is 2.